The van der Waals surface area contributed by atoms with Crippen molar-refractivity contribution in [1.82, 2.24) is 0 Å². The molecule has 0 aliphatic carbocycles. The smallest absolute Gasteiger partial charge is 0.195 e. The van der Waals surface area contributed by atoms with Crippen LogP contribution in [0.4, 0.5) is 0 Å². The third-order valence-electron chi connectivity index (χ3n) is 9.42. The van der Waals surface area contributed by atoms with E-state index in [1.54, 1.807) is 24.3 Å². The van der Waals surface area contributed by atoms with Gasteiger partial charge in [0.2, 0.25) is 0 Å². The van der Waals surface area contributed by atoms with E-state index in [1.165, 1.54) is 0 Å². The third kappa shape index (κ3) is 2.23. The van der Waals surface area contributed by atoms with Crippen molar-refractivity contribution in [2.45, 2.75) is 0 Å². The molecule has 0 aliphatic rings. The lowest BCUT2D eigenvalue weighted by Crippen LogP contribution is -2.03. The lowest BCUT2D eigenvalue weighted by Gasteiger charge is -2.11. The average molecular weight is 537 g/mol. The largest absolute Gasteiger partial charge is 0.289 e. The maximum atomic E-state index is 14.2. The Labute approximate surface area is 234 Å². The second-order valence-electron chi connectivity index (χ2n) is 11.2. The summed E-state index contributed by atoms with van der Waals surface area (Å²) in [5, 5.41) is 10.8. The maximum Gasteiger partial charge on any atom is 0.195 e. The molecule has 4 nitrogen and oxygen atoms in total. The Morgan fingerprint density at radius 2 is 0.405 bits per heavy atom. The molecule has 10 rings (SSSR count). The minimum Gasteiger partial charge on any atom is -0.289 e. The van der Waals surface area contributed by atoms with Crippen LogP contribution in [0.25, 0.3) is 97.0 Å². The van der Waals surface area contributed by atoms with E-state index in [0.29, 0.717) is 64.6 Å². The molecule has 0 spiro atoms. The fourth-order valence-electron chi connectivity index (χ4n) is 7.87. The topological polar surface area (TPSA) is 68.3 Å². The van der Waals surface area contributed by atoms with Crippen molar-refractivity contribution in [1.29, 1.82) is 0 Å². The van der Waals surface area contributed by atoms with Crippen LogP contribution in [0.2, 0.25) is 0 Å². The summed E-state index contributed by atoms with van der Waals surface area (Å²) in [7, 11) is 0. The summed E-state index contributed by atoms with van der Waals surface area (Å²) in [4.78, 5) is 56.8. The van der Waals surface area contributed by atoms with Crippen molar-refractivity contribution in [3.8, 4) is 0 Å². The molecule has 0 unspecified atom stereocenters. The second kappa shape index (κ2) is 7.12. The van der Waals surface area contributed by atoms with E-state index < -0.39 is 0 Å². The summed E-state index contributed by atoms with van der Waals surface area (Å²) in [5.74, 6) is 0. The highest BCUT2D eigenvalue weighted by Gasteiger charge is 2.29. The van der Waals surface area contributed by atoms with Gasteiger partial charge < -0.3 is 0 Å². The molecule has 192 valence electrons. The minimum atomic E-state index is -0.191. The molecule has 0 atom stereocenters. The van der Waals surface area contributed by atoms with Gasteiger partial charge in [-0.25, -0.2) is 0 Å². The maximum absolute atomic E-state index is 14.2. The van der Waals surface area contributed by atoms with Crippen LogP contribution < -0.4 is 21.7 Å². The van der Waals surface area contributed by atoms with Crippen LogP contribution in [0.15, 0.2) is 116 Å². The number of hydrogen-bond donors (Lipinski definition) is 0. The van der Waals surface area contributed by atoms with Crippen molar-refractivity contribution in [3.63, 3.8) is 0 Å². The van der Waals surface area contributed by atoms with E-state index in [1.807, 2.05) is 72.8 Å². The van der Waals surface area contributed by atoms with Crippen LogP contribution in [0, 0.1) is 0 Å². The minimum absolute atomic E-state index is 0.191. The van der Waals surface area contributed by atoms with Gasteiger partial charge in [-0.3, -0.25) is 19.2 Å². The van der Waals surface area contributed by atoms with Gasteiger partial charge in [0, 0.05) is 75.4 Å². The summed E-state index contributed by atoms with van der Waals surface area (Å²) in [6.07, 6.45) is 0. The fraction of sp³-hybridized carbons (Fsp3) is 0. The molecule has 0 heterocycles. The van der Waals surface area contributed by atoms with Gasteiger partial charge in [0.25, 0.3) is 0 Å². The highest BCUT2D eigenvalue weighted by Crippen LogP contribution is 2.49. The molecule has 42 heavy (non-hydrogen) atoms. The molecule has 4 heteroatoms. The zero-order valence-electron chi connectivity index (χ0n) is 21.9. The highest BCUT2D eigenvalue weighted by molar-refractivity contribution is 6.51. The summed E-state index contributed by atoms with van der Waals surface area (Å²) in [6, 6.07) is 29.7. The van der Waals surface area contributed by atoms with Crippen molar-refractivity contribution in [2.75, 3.05) is 0 Å². The Morgan fingerprint density at radius 3 is 0.619 bits per heavy atom. The van der Waals surface area contributed by atoms with E-state index in [4.69, 9.17) is 0 Å². The van der Waals surface area contributed by atoms with Gasteiger partial charge in [-0.15, -0.1) is 0 Å². The molecule has 0 N–H and O–H groups in total. The monoisotopic (exact) mass is 536 g/mol. The predicted molar refractivity (Wildman–Crippen MR) is 174 cm³/mol. The van der Waals surface area contributed by atoms with Crippen LogP contribution >= 0.6 is 0 Å². The fourth-order valence-corrected chi connectivity index (χ4v) is 7.87. The van der Waals surface area contributed by atoms with Crippen molar-refractivity contribution < 1.29 is 0 Å². The Bertz CT molecular complexity index is 2670. The first-order valence-electron chi connectivity index (χ1n) is 13.9. The van der Waals surface area contributed by atoms with Gasteiger partial charge in [-0.2, -0.15) is 0 Å². The van der Waals surface area contributed by atoms with Crippen LogP contribution in [0.1, 0.15) is 0 Å². The zero-order chi connectivity index (χ0) is 28.0. The molecule has 0 fully saturated rings. The first-order chi connectivity index (χ1) is 20.6. The highest BCUT2D eigenvalue weighted by atomic mass is 16.1. The number of fused-ring (bicyclic) bond motifs is 19. The van der Waals surface area contributed by atoms with Crippen LogP contribution in [-0.4, -0.2) is 0 Å². The van der Waals surface area contributed by atoms with E-state index in [0.717, 1.165) is 32.3 Å². The molecule has 0 saturated carbocycles. The molecule has 0 radical (unpaired) electrons. The van der Waals surface area contributed by atoms with E-state index >= 15 is 0 Å². The second-order valence-corrected chi connectivity index (χ2v) is 11.2. The quantitative estimate of drug-likeness (QED) is 0.205. The molecule has 10 aromatic carbocycles. The molecule has 0 saturated heterocycles. The molecule has 0 aliphatic heterocycles. The Hall–Kier alpha value is -5.74. The Balaban J connectivity index is 1.80. The van der Waals surface area contributed by atoms with Gasteiger partial charge in [-0.05, 0) is 21.5 Å². The molecule has 0 aromatic heterocycles. The molecular weight excluding hydrogens is 520 g/mol. The first kappa shape index (κ1) is 22.0. The zero-order valence-corrected chi connectivity index (χ0v) is 21.9. The standard InChI is InChI=1S/C38H16O4/c39-35-21-13-5-1-9-17(21)25-29-26-18-10-2-6-14-22(18)37(41)33(26)34-28(20-12-4-8-16-24(20)38(34)42)30(29)27-19-11-3-7-15-23(19)36(40)32(27)31(25)35/h1-16H. The number of rotatable bonds is 0. The summed E-state index contributed by atoms with van der Waals surface area (Å²) in [5.41, 5.74) is -0.766. The van der Waals surface area contributed by atoms with Crippen molar-refractivity contribution >= 4 is 97.0 Å². The van der Waals surface area contributed by atoms with Gasteiger partial charge in [0.15, 0.2) is 21.7 Å². The van der Waals surface area contributed by atoms with Gasteiger partial charge >= 0.3 is 0 Å². The molecule has 10 aromatic rings. The third-order valence-corrected chi connectivity index (χ3v) is 9.42. The Morgan fingerprint density at radius 1 is 0.214 bits per heavy atom. The summed E-state index contributed by atoms with van der Waals surface area (Å²) < 4.78 is 0. The van der Waals surface area contributed by atoms with Crippen molar-refractivity contribution in [2.24, 2.45) is 0 Å². The summed E-state index contributed by atoms with van der Waals surface area (Å²) >= 11 is 0. The molecular formula is C38H16O4. The lowest BCUT2D eigenvalue weighted by molar-refractivity contribution is 1.80. The molecule has 0 bridgehead atoms. The molecule has 0 amide bonds. The van der Waals surface area contributed by atoms with E-state index in [9.17, 15) is 19.2 Å². The predicted octanol–water partition coefficient (Wildman–Crippen LogP) is 7.26. The van der Waals surface area contributed by atoms with E-state index in [-0.39, 0.29) is 21.7 Å². The van der Waals surface area contributed by atoms with Crippen LogP contribution in [-0.2, 0) is 0 Å². The average Bonchev–Trinajstić information content (AvgIpc) is 3.70. The van der Waals surface area contributed by atoms with Gasteiger partial charge in [0.1, 0.15) is 0 Å². The van der Waals surface area contributed by atoms with Crippen LogP contribution in [0.5, 0.6) is 0 Å². The van der Waals surface area contributed by atoms with Gasteiger partial charge in [0.05, 0.1) is 0 Å². The number of benzene rings is 6. The van der Waals surface area contributed by atoms with Gasteiger partial charge in [-0.1, -0.05) is 97.1 Å². The summed E-state index contributed by atoms with van der Waals surface area (Å²) in [6.45, 7) is 0. The lowest BCUT2D eigenvalue weighted by atomic mass is 9.90. The van der Waals surface area contributed by atoms with E-state index in [2.05, 4.69) is 0 Å². The van der Waals surface area contributed by atoms with Crippen molar-refractivity contribution in [3.05, 3.63) is 138 Å². The van der Waals surface area contributed by atoms with Crippen LogP contribution in [0.3, 0.4) is 0 Å². The SMILES string of the molecule is O=c1c2ccccc2c2c1c1c(=O)c3ccccc3c1c1c3c4ccccc4c(=O)c3c3c(=O)c4ccccc4c3c21. The first-order valence-corrected chi connectivity index (χ1v) is 13.9. The number of hydrogen-bond acceptors (Lipinski definition) is 4. The Kier molecular flexibility index (Phi) is 3.73. The normalized spacial score (nSPS) is 12.7.